The number of rotatable bonds is 6. The molecule has 0 saturated heterocycles. The van der Waals surface area contributed by atoms with Crippen molar-refractivity contribution < 1.29 is 13.2 Å². The molecule has 0 spiro atoms. The van der Waals surface area contributed by atoms with Gasteiger partial charge in [0.1, 0.15) is 0 Å². The second kappa shape index (κ2) is 7.80. The number of hydrogen-bond donors (Lipinski definition) is 1. The zero-order chi connectivity index (χ0) is 18.6. The van der Waals surface area contributed by atoms with E-state index in [9.17, 15) is 13.2 Å². The van der Waals surface area contributed by atoms with Crippen LogP contribution >= 0.6 is 0 Å². The Morgan fingerprint density at radius 2 is 1.80 bits per heavy atom. The van der Waals surface area contributed by atoms with Crippen molar-refractivity contribution in [1.29, 1.82) is 0 Å². The van der Waals surface area contributed by atoms with Gasteiger partial charge in [0.25, 0.3) is 0 Å². The van der Waals surface area contributed by atoms with Crippen LogP contribution in [0.2, 0.25) is 0 Å². The Labute approximate surface area is 149 Å². The number of carbonyl (C=O) groups is 1. The van der Waals surface area contributed by atoms with Crippen molar-refractivity contribution in [3.63, 3.8) is 0 Å². The van der Waals surface area contributed by atoms with Crippen LogP contribution in [0.15, 0.2) is 53.4 Å². The normalized spacial score (nSPS) is 12.6. The third-order valence-electron chi connectivity index (χ3n) is 4.38. The first-order valence-electron chi connectivity index (χ1n) is 8.12. The number of nitrogens with two attached hydrogens (primary N) is 1. The maximum atomic E-state index is 12.5. The van der Waals surface area contributed by atoms with E-state index in [-0.39, 0.29) is 16.8 Å². The van der Waals surface area contributed by atoms with Crippen LogP contribution in [0.25, 0.3) is 0 Å². The Morgan fingerprint density at radius 3 is 2.36 bits per heavy atom. The molecule has 0 heterocycles. The molecule has 0 aliphatic rings. The fourth-order valence-electron chi connectivity index (χ4n) is 2.67. The first-order valence-corrected chi connectivity index (χ1v) is 9.67. The number of benzene rings is 2. The Kier molecular flexibility index (Phi) is 5.98. The molecule has 0 aromatic heterocycles. The summed E-state index contributed by atoms with van der Waals surface area (Å²) in [7, 11) is -1.94. The Balaban J connectivity index is 2.01. The van der Waals surface area contributed by atoms with Crippen molar-refractivity contribution in [3.8, 4) is 0 Å². The van der Waals surface area contributed by atoms with Crippen molar-refractivity contribution in [2.24, 2.45) is 5.14 Å². The zero-order valence-corrected chi connectivity index (χ0v) is 15.6. The van der Waals surface area contributed by atoms with E-state index in [0.29, 0.717) is 12.8 Å². The van der Waals surface area contributed by atoms with Gasteiger partial charge in [0.2, 0.25) is 15.9 Å². The van der Waals surface area contributed by atoms with Gasteiger partial charge in [0, 0.05) is 13.5 Å². The van der Waals surface area contributed by atoms with E-state index in [0.717, 1.165) is 11.1 Å². The molecule has 2 aromatic carbocycles. The fraction of sp³-hybridized carbons (Fsp3) is 0.316. The number of nitrogens with zero attached hydrogens (tertiary/aromatic N) is 1. The molecule has 2 rings (SSSR count). The summed E-state index contributed by atoms with van der Waals surface area (Å²) in [5.41, 5.74) is 3.19. The zero-order valence-electron chi connectivity index (χ0n) is 14.8. The standard InChI is InChI=1S/C19H24N2O3S/c1-14-5-4-6-16(13-14)7-12-19(22)21(3)15(2)17-8-10-18(11-9-17)25(20,23)24/h4-6,8-11,13,15H,7,12H2,1-3H3,(H2,20,23,24). The summed E-state index contributed by atoms with van der Waals surface area (Å²) < 4.78 is 22.6. The van der Waals surface area contributed by atoms with Crippen molar-refractivity contribution >= 4 is 15.9 Å². The summed E-state index contributed by atoms with van der Waals surface area (Å²) in [5, 5.41) is 5.10. The predicted octanol–water partition coefficient (Wildman–Crippen LogP) is 2.79. The van der Waals surface area contributed by atoms with Crippen LogP contribution in [0.3, 0.4) is 0 Å². The van der Waals surface area contributed by atoms with Crippen molar-refractivity contribution in [2.45, 2.75) is 37.6 Å². The van der Waals surface area contributed by atoms with E-state index in [1.165, 1.54) is 17.7 Å². The average Bonchev–Trinajstić information content (AvgIpc) is 2.58. The summed E-state index contributed by atoms with van der Waals surface area (Å²) in [5.74, 6) is 0.0459. The van der Waals surface area contributed by atoms with Gasteiger partial charge >= 0.3 is 0 Å². The van der Waals surface area contributed by atoms with Crippen LogP contribution in [0.5, 0.6) is 0 Å². The maximum absolute atomic E-state index is 12.5. The maximum Gasteiger partial charge on any atom is 0.238 e. The minimum atomic E-state index is -3.71. The largest absolute Gasteiger partial charge is 0.339 e. The van der Waals surface area contributed by atoms with E-state index in [2.05, 4.69) is 6.07 Å². The van der Waals surface area contributed by atoms with Crippen LogP contribution in [-0.2, 0) is 21.2 Å². The van der Waals surface area contributed by atoms with Crippen LogP contribution < -0.4 is 5.14 Å². The summed E-state index contributed by atoms with van der Waals surface area (Å²) in [4.78, 5) is 14.2. The topological polar surface area (TPSA) is 80.5 Å². The summed E-state index contributed by atoms with van der Waals surface area (Å²) in [6.45, 7) is 3.95. The van der Waals surface area contributed by atoms with Crippen molar-refractivity contribution in [2.75, 3.05) is 7.05 Å². The van der Waals surface area contributed by atoms with Gasteiger partial charge in [-0.2, -0.15) is 0 Å². The summed E-state index contributed by atoms with van der Waals surface area (Å²) >= 11 is 0. The monoisotopic (exact) mass is 360 g/mol. The molecule has 0 aliphatic heterocycles. The van der Waals surface area contributed by atoms with E-state index in [4.69, 9.17) is 5.14 Å². The molecule has 6 heteroatoms. The molecule has 0 bridgehead atoms. The van der Waals surface area contributed by atoms with Gasteiger partial charge in [-0.1, -0.05) is 42.0 Å². The smallest absolute Gasteiger partial charge is 0.238 e. The van der Waals surface area contributed by atoms with E-state index >= 15 is 0 Å². The first kappa shape index (κ1) is 19.1. The molecule has 1 unspecified atom stereocenters. The van der Waals surface area contributed by atoms with Gasteiger partial charge in [-0.3, -0.25) is 4.79 Å². The number of primary sulfonamides is 1. The summed E-state index contributed by atoms with van der Waals surface area (Å²) in [6, 6.07) is 14.3. The predicted molar refractivity (Wildman–Crippen MR) is 98.5 cm³/mol. The minimum Gasteiger partial charge on any atom is -0.339 e. The number of aryl methyl sites for hydroxylation is 2. The number of sulfonamides is 1. The molecule has 25 heavy (non-hydrogen) atoms. The molecule has 1 amide bonds. The molecular weight excluding hydrogens is 336 g/mol. The molecule has 2 aromatic rings. The van der Waals surface area contributed by atoms with E-state index in [1.54, 1.807) is 24.1 Å². The molecule has 0 fully saturated rings. The van der Waals surface area contributed by atoms with Crippen LogP contribution in [-0.4, -0.2) is 26.3 Å². The molecule has 0 radical (unpaired) electrons. The second-order valence-electron chi connectivity index (χ2n) is 6.28. The highest BCUT2D eigenvalue weighted by molar-refractivity contribution is 7.89. The molecule has 2 N–H and O–H groups in total. The lowest BCUT2D eigenvalue weighted by Crippen LogP contribution is -2.29. The third kappa shape index (κ3) is 5.14. The highest BCUT2D eigenvalue weighted by Gasteiger charge is 2.18. The number of amides is 1. The van der Waals surface area contributed by atoms with Crippen LogP contribution in [0.4, 0.5) is 0 Å². The number of hydrogen-bond acceptors (Lipinski definition) is 3. The van der Waals surface area contributed by atoms with Gasteiger partial charge in [-0.25, -0.2) is 13.6 Å². The molecule has 134 valence electrons. The van der Waals surface area contributed by atoms with E-state index < -0.39 is 10.0 Å². The van der Waals surface area contributed by atoms with Gasteiger partial charge in [0.05, 0.1) is 10.9 Å². The van der Waals surface area contributed by atoms with Crippen molar-refractivity contribution in [1.82, 2.24) is 4.90 Å². The second-order valence-corrected chi connectivity index (χ2v) is 7.85. The molecular formula is C19H24N2O3S. The van der Waals surface area contributed by atoms with Gasteiger partial charge in [-0.05, 0) is 43.5 Å². The Bertz CT molecular complexity index is 845. The first-order chi connectivity index (χ1) is 11.7. The highest BCUT2D eigenvalue weighted by Crippen LogP contribution is 2.21. The van der Waals surface area contributed by atoms with Crippen LogP contribution in [0.1, 0.15) is 36.1 Å². The van der Waals surface area contributed by atoms with E-state index in [1.807, 2.05) is 32.0 Å². The SMILES string of the molecule is Cc1cccc(CCC(=O)N(C)C(C)c2ccc(S(N)(=O)=O)cc2)c1. The van der Waals surface area contributed by atoms with Gasteiger partial charge in [0.15, 0.2) is 0 Å². The minimum absolute atomic E-state index is 0.0459. The van der Waals surface area contributed by atoms with Crippen molar-refractivity contribution in [3.05, 3.63) is 65.2 Å². The lowest BCUT2D eigenvalue weighted by molar-refractivity contribution is -0.131. The fourth-order valence-corrected chi connectivity index (χ4v) is 3.19. The average molecular weight is 360 g/mol. The van der Waals surface area contributed by atoms with Crippen LogP contribution in [0, 0.1) is 6.92 Å². The lowest BCUT2D eigenvalue weighted by atomic mass is 10.0. The molecule has 5 nitrogen and oxygen atoms in total. The van der Waals surface area contributed by atoms with Gasteiger partial charge < -0.3 is 4.90 Å². The molecule has 0 aliphatic carbocycles. The Morgan fingerprint density at radius 1 is 1.16 bits per heavy atom. The Hall–Kier alpha value is -2.18. The van der Waals surface area contributed by atoms with Gasteiger partial charge in [-0.15, -0.1) is 0 Å². The number of carbonyl (C=O) groups excluding carboxylic acids is 1. The molecule has 1 atom stereocenters. The summed E-state index contributed by atoms with van der Waals surface area (Å²) in [6.07, 6.45) is 1.13. The molecule has 0 saturated carbocycles. The highest BCUT2D eigenvalue weighted by atomic mass is 32.2. The lowest BCUT2D eigenvalue weighted by Gasteiger charge is -2.25. The third-order valence-corrected chi connectivity index (χ3v) is 5.30. The quantitative estimate of drug-likeness (QED) is 0.860.